The molecule has 0 spiro atoms. The van der Waals surface area contributed by atoms with E-state index in [0.717, 1.165) is 24.4 Å². The largest absolute Gasteiger partial charge is 0.310 e. The summed E-state index contributed by atoms with van der Waals surface area (Å²) in [4.78, 5) is 11.6. The normalized spacial score (nSPS) is 10.7. The van der Waals surface area contributed by atoms with Gasteiger partial charge in [0.2, 0.25) is 0 Å². The van der Waals surface area contributed by atoms with Crippen LogP contribution in [0.1, 0.15) is 25.2 Å². The second kappa shape index (κ2) is 4.99. The first-order chi connectivity index (χ1) is 8.24. The molecule has 2 rings (SSSR count). The average Bonchev–Trinajstić information content (AvgIpc) is 2.74. The van der Waals surface area contributed by atoms with Gasteiger partial charge in [-0.1, -0.05) is 13.0 Å². The molecule has 2 aromatic rings. The first kappa shape index (κ1) is 11.6. The van der Waals surface area contributed by atoms with Gasteiger partial charge in [0.15, 0.2) is 0 Å². The summed E-state index contributed by atoms with van der Waals surface area (Å²) in [6.07, 6.45) is 2.73. The zero-order valence-corrected chi connectivity index (χ0v) is 10.3. The van der Waals surface area contributed by atoms with Gasteiger partial charge in [0.25, 0.3) is 5.56 Å². The van der Waals surface area contributed by atoms with E-state index >= 15 is 0 Å². The highest BCUT2D eigenvalue weighted by Crippen LogP contribution is 2.06. The Bertz CT molecular complexity index is 554. The lowest BCUT2D eigenvalue weighted by Gasteiger charge is -2.06. The Balaban J connectivity index is 2.32. The van der Waals surface area contributed by atoms with Gasteiger partial charge in [0.05, 0.1) is 17.9 Å². The molecular formula is C13H17N3O. The monoisotopic (exact) mass is 231 g/mol. The van der Waals surface area contributed by atoms with E-state index in [1.54, 1.807) is 22.9 Å². The van der Waals surface area contributed by atoms with E-state index < -0.39 is 0 Å². The molecule has 0 saturated carbocycles. The molecule has 0 saturated heterocycles. The van der Waals surface area contributed by atoms with E-state index in [1.807, 2.05) is 10.7 Å². The van der Waals surface area contributed by atoms with Crippen LogP contribution in [-0.2, 0) is 19.5 Å². The van der Waals surface area contributed by atoms with Crippen LogP contribution >= 0.6 is 0 Å². The first-order valence-corrected chi connectivity index (χ1v) is 5.95. The quantitative estimate of drug-likeness (QED) is 0.803. The van der Waals surface area contributed by atoms with Crippen LogP contribution in [0.4, 0.5) is 0 Å². The molecule has 0 aliphatic heterocycles. The zero-order chi connectivity index (χ0) is 12.3. The first-order valence-electron chi connectivity index (χ1n) is 5.95. The SMILES string of the molecule is CCc1cc(Cn2ccccc2=O)n(CC)n1. The number of hydrogen-bond acceptors (Lipinski definition) is 2. The highest BCUT2D eigenvalue weighted by molar-refractivity contribution is 5.11. The van der Waals surface area contributed by atoms with Crippen LogP contribution in [0, 0.1) is 0 Å². The molecule has 4 heteroatoms. The van der Waals surface area contributed by atoms with Gasteiger partial charge in [0, 0.05) is 18.8 Å². The zero-order valence-electron chi connectivity index (χ0n) is 10.3. The van der Waals surface area contributed by atoms with Crippen molar-refractivity contribution in [1.82, 2.24) is 14.3 Å². The third kappa shape index (κ3) is 2.46. The lowest BCUT2D eigenvalue weighted by molar-refractivity contribution is 0.589. The standard InChI is InChI=1S/C13H17N3O/c1-3-11-9-12(16(4-2)14-11)10-15-8-6-5-7-13(15)17/h5-9H,3-4,10H2,1-2H3. The Kier molecular flexibility index (Phi) is 3.42. The summed E-state index contributed by atoms with van der Waals surface area (Å²) in [5, 5.41) is 4.47. The molecule has 0 N–H and O–H groups in total. The number of hydrogen-bond donors (Lipinski definition) is 0. The van der Waals surface area contributed by atoms with Crippen molar-refractivity contribution in [2.45, 2.75) is 33.4 Å². The fraction of sp³-hybridized carbons (Fsp3) is 0.385. The van der Waals surface area contributed by atoms with Crippen molar-refractivity contribution in [3.05, 3.63) is 52.2 Å². The van der Waals surface area contributed by atoms with Crippen LogP contribution in [0.15, 0.2) is 35.3 Å². The van der Waals surface area contributed by atoms with Gasteiger partial charge in [-0.25, -0.2) is 0 Å². The molecule has 0 bridgehead atoms. The molecule has 90 valence electrons. The van der Waals surface area contributed by atoms with Crippen molar-refractivity contribution < 1.29 is 0 Å². The Morgan fingerprint density at radius 1 is 1.29 bits per heavy atom. The van der Waals surface area contributed by atoms with Crippen LogP contribution in [0.5, 0.6) is 0 Å². The van der Waals surface area contributed by atoms with Crippen molar-refractivity contribution in [1.29, 1.82) is 0 Å². The number of aryl methyl sites for hydroxylation is 2. The summed E-state index contributed by atoms with van der Waals surface area (Å²) >= 11 is 0. The third-order valence-corrected chi connectivity index (χ3v) is 2.81. The second-order valence-corrected chi connectivity index (χ2v) is 3.96. The topological polar surface area (TPSA) is 39.8 Å². The molecular weight excluding hydrogens is 214 g/mol. The van der Waals surface area contributed by atoms with E-state index in [4.69, 9.17) is 0 Å². The summed E-state index contributed by atoms with van der Waals surface area (Å²) < 4.78 is 3.65. The van der Waals surface area contributed by atoms with Gasteiger partial charge in [0.1, 0.15) is 0 Å². The number of nitrogens with zero attached hydrogens (tertiary/aromatic N) is 3. The van der Waals surface area contributed by atoms with Gasteiger partial charge in [-0.05, 0) is 25.5 Å². The highest BCUT2D eigenvalue weighted by atomic mass is 16.1. The number of rotatable bonds is 4. The van der Waals surface area contributed by atoms with Crippen molar-refractivity contribution in [2.75, 3.05) is 0 Å². The lowest BCUT2D eigenvalue weighted by atomic mass is 10.3. The van der Waals surface area contributed by atoms with Crippen LogP contribution in [0.2, 0.25) is 0 Å². The summed E-state index contributed by atoms with van der Waals surface area (Å²) in [7, 11) is 0. The van der Waals surface area contributed by atoms with Gasteiger partial charge < -0.3 is 4.57 Å². The van der Waals surface area contributed by atoms with Crippen molar-refractivity contribution in [2.24, 2.45) is 0 Å². The van der Waals surface area contributed by atoms with Crippen LogP contribution in [-0.4, -0.2) is 14.3 Å². The summed E-state index contributed by atoms with van der Waals surface area (Å²) in [6, 6.07) is 7.28. The fourth-order valence-corrected chi connectivity index (χ4v) is 1.85. The fourth-order valence-electron chi connectivity index (χ4n) is 1.85. The van der Waals surface area contributed by atoms with E-state index in [9.17, 15) is 4.79 Å². The van der Waals surface area contributed by atoms with Gasteiger partial charge >= 0.3 is 0 Å². The van der Waals surface area contributed by atoms with Crippen molar-refractivity contribution >= 4 is 0 Å². The molecule has 0 unspecified atom stereocenters. The molecule has 0 amide bonds. The number of aromatic nitrogens is 3. The maximum Gasteiger partial charge on any atom is 0.250 e. The predicted octanol–water partition coefficient (Wildman–Crippen LogP) is 1.68. The van der Waals surface area contributed by atoms with E-state index in [-0.39, 0.29) is 5.56 Å². The molecule has 17 heavy (non-hydrogen) atoms. The Morgan fingerprint density at radius 3 is 2.76 bits per heavy atom. The summed E-state index contributed by atoms with van der Waals surface area (Å²) in [5.74, 6) is 0. The van der Waals surface area contributed by atoms with Crippen molar-refractivity contribution in [3.63, 3.8) is 0 Å². The van der Waals surface area contributed by atoms with Gasteiger partial charge in [-0.2, -0.15) is 5.10 Å². The van der Waals surface area contributed by atoms with E-state index in [2.05, 4.69) is 25.0 Å². The van der Waals surface area contributed by atoms with Gasteiger partial charge in [-0.3, -0.25) is 9.48 Å². The molecule has 0 aromatic carbocycles. The van der Waals surface area contributed by atoms with E-state index in [0.29, 0.717) is 6.54 Å². The summed E-state index contributed by atoms with van der Waals surface area (Å²) in [5.41, 5.74) is 2.18. The lowest BCUT2D eigenvalue weighted by Crippen LogP contribution is -2.20. The molecule has 4 nitrogen and oxygen atoms in total. The summed E-state index contributed by atoms with van der Waals surface area (Å²) in [6.45, 7) is 5.56. The Labute approximate surface area is 101 Å². The molecule has 0 aliphatic carbocycles. The maximum absolute atomic E-state index is 11.6. The Hall–Kier alpha value is -1.84. The minimum atomic E-state index is 0.0226. The predicted molar refractivity (Wildman–Crippen MR) is 67.1 cm³/mol. The second-order valence-electron chi connectivity index (χ2n) is 3.96. The molecule has 0 aliphatic rings. The highest BCUT2D eigenvalue weighted by Gasteiger charge is 2.06. The average molecular weight is 231 g/mol. The van der Waals surface area contributed by atoms with Gasteiger partial charge in [-0.15, -0.1) is 0 Å². The van der Waals surface area contributed by atoms with Crippen LogP contribution < -0.4 is 5.56 Å². The molecule has 2 heterocycles. The third-order valence-electron chi connectivity index (χ3n) is 2.81. The Morgan fingerprint density at radius 2 is 2.12 bits per heavy atom. The van der Waals surface area contributed by atoms with Crippen LogP contribution in [0.3, 0.4) is 0 Å². The van der Waals surface area contributed by atoms with E-state index in [1.165, 1.54) is 0 Å². The van der Waals surface area contributed by atoms with Crippen LogP contribution in [0.25, 0.3) is 0 Å². The minimum absolute atomic E-state index is 0.0226. The molecule has 2 aromatic heterocycles. The van der Waals surface area contributed by atoms with Crippen molar-refractivity contribution in [3.8, 4) is 0 Å². The molecule has 0 radical (unpaired) electrons. The maximum atomic E-state index is 11.6. The smallest absolute Gasteiger partial charge is 0.250 e. The minimum Gasteiger partial charge on any atom is -0.310 e. The molecule has 0 atom stereocenters. The number of pyridine rings is 1. The molecule has 0 fully saturated rings.